The lowest BCUT2D eigenvalue weighted by Gasteiger charge is -2.23. The predicted octanol–water partition coefficient (Wildman–Crippen LogP) is 1.18. The van der Waals surface area contributed by atoms with Crippen LogP contribution in [0.1, 0.15) is 12.8 Å². The topological polar surface area (TPSA) is 35.5 Å². The van der Waals surface area contributed by atoms with E-state index >= 15 is 0 Å². The molecule has 0 spiro atoms. The quantitative estimate of drug-likeness (QED) is 0.665. The van der Waals surface area contributed by atoms with Gasteiger partial charge in [-0.05, 0) is 18.4 Å². The zero-order valence-corrected chi connectivity index (χ0v) is 8.60. The zero-order valence-electron chi connectivity index (χ0n) is 8.60. The normalized spacial score (nSPS) is 41.4. The van der Waals surface area contributed by atoms with Crippen molar-refractivity contribution in [1.29, 1.82) is 0 Å². The van der Waals surface area contributed by atoms with Crippen LogP contribution in [-0.4, -0.2) is 32.2 Å². The molecule has 0 N–H and O–H groups in total. The molecule has 14 heavy (non-hydrogen) atoms. The van der Waals surface area contributed by atoms with Gasteiger partial charge in [-0.15, -0.1) is 0 Å². The Morgan fingerprint density at radius 1 is 1.36 bits per heavy atom. The minimum atomic E-state index is 0.120. The van der Waals surface area contributed by atoms with Gasteiger partial charge in [0.1, 0.15) is 0 Å². The monoisotopic (exact) mass is 196 g/mol. The van der Waals surface area contributed by atoms with Crippen molar-refractivity contribution in [2.24, 2.45) is 11.8 Å². The summed E-state index contributed by atoms with van der Waals surface area (Å²) in [6, 6.07) is 0. The molecule has 1 saturated carbocycles. The van der Waals surface area contributed by atoms with Gasteiger partial charge in [0.2, 0.25) is 0 Å². The van der Waals surface area contributed by atoms with E-state index in [4.69, 9.17) is 9.47 Å². The number of hydrogen-bond acceptors (Lipinski definition) is 3. The Morgan fingerprint density at radius 3 is 2.79 bits per heavy atom. The number of hydrogen-bond donors (Lipinski definition) is 0. The van der Waals surface area contributed by atoms with E-state index < -0.39 is 0 Å². The first-order valence-corrected chi connectivity index (χ1v) is 5.03. The summed E-state index contributed by atoms with van der Waals surface area (Å²) in [6.45, 7) is 0. The molecule has 0 amide bonds. The lowest BCUT2D eigenvalue weighted by molar-refractivity contribution is -0.116. The summed E-state index contributed by atoms with van der Waals surface area (Å²) >= 11 is 0. The Morgan fingerprint density at radius 2 is 2.14 bits per heavy atom. The number of methoxy groups -OCH3 is 2. The maximum absolute atomic E-state index is 11.2. The predicted molar refractivity (Wildman–Crippen MR) is 52.0 cm³/mol. The molecule has 3 nitrogen and oxygen atoms in total. The van der Waals surface area contributed by atoms with Crippen LogP contribution in [0.4, 0.5) is 0 Å². The molecule has 0 aromatic heterocycles. The lowest BCUT2D eigenvalue weighted by atomic mass is 9.85. The van der Waals surface area contributed by atoms with Gasteiger partial charge in [-0.25, -0.2) is 0 Å². The average Bonchev–Trinajstić information content (AvgIpc) is 2.54. The third kappa shape index (κ3) is 1.51. The SMILES string of the molecule is COC1CC2CC(=O)C=CC2C1OC. The Hall–Kier alpha value is -0.670. The van der Waals surface area contributed by atoms with Crippen LogP contribution in [0.5, 0.6) is 0 Å². The molecule has 4 unspecified atom stereocenters. The molecule has 0 bridgehead atoms. The Bertz CT molecular complexity index is 259. The summed E-state index contributed by atoms with van der Waals surface area (Å²) in [5.41, 5.74) is 0. The minimum absolute atomic E-state index is 0.120. The molecule has 1 fully saturated rings. The highest BCUT2D eigenvalue weighted by Crippen LogP contribution is 2.40. The van der Waals surface area contributed by atoms with E-state index in [0.29, 0.717) is 18.3 Å². The molecular weight excluding hydrogens is 180 g/mol. The maximum atomic E-state index is 11.2. The summed E-state index contributed by atoms with van der Waals surface area (Å²) in [5.74, 6) is 1.02. The first kappa shape index (κ1) is 9.87. The van der Waals surface area contributed by atoms with E-state index in [1.165, 1.54) is 0 Å². The first-order chi connectivity index (χ1) is 6.76. The Kier molecular flexibility index (Phi) is 2.70. The van der Waals surface area contributed by atoms with Crippen molar-refractivity contribution >= 4 is 5.78 Å². The smallest absolute Gasteiger partial charge is 0.155 e. The van der Waals surface area contributed by atoms with Gasteiger partial charge in [0.05, 0.1) is 12.2 Å². The van der Waals surface area contributed by atoms with Crippen LogP contribution < -0.4 is 0 Å². The van der Waals surface area contributed by atoms with Gasteiger partial charge in [0.15, 0.2) is 5.78 Å². The van der Waals surface area contributed by atoms with Gasteiger partial charge in [0.25, 0.3) is 0 Å². The van der Waals surface area contributed by atoms with E-state index in [1.54, 1.807) is 20.3 Å². The Labute approximate surface area is 84.1 Å². The molecule has 2 aliphatic carbocycles. The van der Waals surface area contributed by atoms with Gasteiger partial charge in [0, 0.05) is 26.6 Å². The average molecular weight is 196 g/mol. The number of allylic oxidation sites excluding steroid dienone is 1. The molecule has 0 aromatic carbocycles. The third-order valence-corrected chi connectivity index (χ3v) is 3.37. The molecular formula is C11H16O3. The van der Waals surface area contributed by atoms with Gasteiger partial charge >= 0.3 is 0 Å². The van der Waals surface area contributed by atoms with Crippen LogP contribution in [0.2, 0.25) is 0 Å². The van der Waals surface area contributed by atoms with E-state index in [-0.39, 0.29) is 18.0 Å². The maximum Gasteiger partial charge on any atom is 0.155 e. The summed E-state index contributed by atoms with van der Waals surface area (Å²) in [6.07, 6.45) is 5.53. The Balaban J connectivity index is 2.16. The molecule has 0 radical (unpaired) electrons. The molecule has 2 aliphatic rings. The number of carbonyl (C=O) groups excluding carboxylic acids is 1. The molecule has 3 heteroatoms. The summed E-state index contributed by atoms with van der Waals surface area (Å²) in [7, 11) is 3.42. The van der Waals surface area contributed by atoms with E-state index in [1.807, 2.05) is 6.08 Å². The molecule has 2 rings (SSSR count). The molecule has 0 saturated heterocycles. The van der Waals surface area contributed by atoms with Crippen molar-refractivity contribution in [2.75, 3.05) is 14.2 Å². The number of fused-ring (bicyclic) bond motifs is 1. The zero-order chi connectivity index (χ0) is 10.1. The molecule has 78 valence electrons. The highest BCUT2D eigenvalue weighted by atomic mass is 16.5. The van der Waals surface area contributed by atoms with Crippen molar-refractivity contribution in [3.63, 3.8) is 0 Å². The van der Waals surface area contributed by atoms with E-state index in [0.717, 1.165) is 6.42 Å². The second kappa shape index (κ2) is 3.83. The highest BCUT2D eigenvalue weighted by molar-refractivity contribution is 5.90. The van der Waals surface area contributed by atoms with Crippen LogP contribution in [-0.2, 0) is 14.3 Å². The minimum Gasteiger partial charge on any atom is -0.379 e. The second-order valence-electron chi connectivity index (χ2n) is 4.08. The number of carbonyl (C=O) groups is 1. The first-order valence-electron chi connectivity index (χ1n) is 5.03. The van der Waals surface area contributed by atoms with Gasteiger partial charge in [-0.2, -0.15) is 0 Å². The fourth-order valence-electron chi connectivity index (χ4n) is 2.68. The summed E-state index contributed by atoms with van der Waals surface area (Å²) in [5, 5.41) is 0. The second-order valence-corrected chi connectivity index (χ2v) is 4.08. The summed E-state index contributed by atoms with van der Waals surface area (Å²) < 4.78 is 10.8. The highest BCUT2D eigenvalue weighted by Gasteiger charge is 2.44. The number of rotatable bonds is 2. The van der Waals surface area contributed by atoms with Crippen molar-refractivity contribution in [3.05, 3.63) is 12.2 Å². The van der Waals surface area contributed by atoms with Crippen molar-refractivity contribution < 1.29 is 14.3 Å². The van der Waals surface area contributed by atoms with E-state index in [9.17, 15) is 4.79 Å². The molecule has 0 aliphatic heterocycles. The van der Waals surface area contributed by atoms with Gasteiger partial charge in [-0.3, -0.25) is 4.79 Å². The lowest BCUT2D eigenvalue weighted by Crippen LogP contribution is -2.30. The number of ketones is 1. The van der Waals surface area contributed by atoms with Crippen LogP contribution in [0.3, 0.4) is 0 Å². The van der Waals surface area contributed by atoms with Crippen LogP contribution in [0.15, 0.2) is 12.2 Å². The molecule has 4 atom stereocenters. The third-order valence-electron chi connectivity index (χ3n) is 3.37. The standard InChI is InChI=1S/C11H16O3/c1-13-10-6-7-5-8(12)3-4-9(7)11(10)14-2/h3-4,7,9-11H,5-6H2,1-2H3. The molecule has 0 aromatic rings. The summed E-state index contributed by atoms with van der Waals surface area (Å²) in [4.78, 5) is 11.2. The van der Waals surface area contributed by atoms with Gasteiger partial charge < -0.3 is 9.47 Å². The van der Waals surface area contributed by atoms with Gasteiger partial charge in [-0.1, -0.05) is 6.08 Å². The number of ether oxygens (including phenoxy) is 2. The van der Waals surface area contributed by atoms with Crippen LogP contribution in [0, 0.1) is 11.8 Å². The fourth-order valence-corrected chi connectivity index (χ4v) is 2.68. The fraction of sp³-hybridized carbons (Fsp3) is 0.727. The van der Waals surface area contributed by atoms with Crippen LogP contribution in [0.25, 0.3) is 0 Å². The van der Waals surface area contributed by atoms with Crippen LogP contribution >= 0.6 is 0 Å². The molecule has 0 heterocycles. The largest absolute Gasteiger partial charge is 0.379 e. The van der Waals surface area contributed by atoms with E-state index in [2.05, 4.69) is 0 Å². The van der Waals surface area contributed by atoms with Crippen molar-refractivity contribution in [2.45, 2.75) is 25.0 Å². The van der Waals surface area contributed by atoms with Crippen molar-refractivity contribution in [1.82, 2.24) is 0 Å². The van der Waals surface area contributed by atoms with Crippen molar-refractivity contribution in [3.8, 4) is 0 Å².